The van der Waals surface area contributed by atoms with Crippen molar-refractivity contribution in [2.45, 2.75) is 13.8 Å². The Morgan fingerprint density at radius 2 is 1.92 bits per heavy atom. The highest BCUT2D eigenvalue weighted by molar-refractivity contribution is 6.32. The van der Waals surface area contributed by atoms with Gasteiger partial charge in [-0.15, -0.1) is 0 Å². The number of carbonyl (C=O) groups is 1. The van der Waals surface area contributed by atoms with Crippen molar-refractivity contribution in [3.8, 4) is 11.5 Å². The van der Waals surface area contributed by atoms with Gasteiger partial charge in [0.15, 0.2) is 11.5 Å². The van der Waals surface area contributed by atoms with Crippen LogP contribution in [-0.2, 0) is 4.79 Å². The van der Waals surface area contributed by atoms with E-state index in [0.29, 0.717) is 34.9 Å². The van der Waals surface area contributed by atoms with E-state index in [4.69, 9.17) is 4.74 Å². The molecule has 0 bridgehead atoms. The third kappa shape index (κ3) is 2.88. The SMILES string of the molecule is CCOc1cccc(/C=C2/C(=O)N(c3ccccc3)N=C2C)c1O. The Morgan fingerprint density at radius 1 is 1.17 bits per heavy atom. The Hall–Kier alpha value is -3.08. The van der Waals surface area contributed by atoms with Crippen LogP contribution < -0.4 is 9.75 Å². The lowest BCUT2D eigenvalue weighted by atomic mass is 10.1. The quantitative estimate of drug-likeness (QED) is 0.875. The maximum Gasteiger partial charge on any atom is 0.280 e. The number of para-hydroxylation sites is 2. The van der Waals surface area contributed by atoms with Crippen molar-refractivity contribution in [3.63, 3.8) is 0 Å². The van der Waals surface area contributed by atoms with E-state index in [1.54, 1.807) is 31.2 Å². The number of phenolic OH excluding ortho intramolecular Hbond substituents is 1. The average molecular weight is 322 g/mol. The van der Waals surface area contributed by atoms with Crippen LogP contribution in [0.5, 0.6) is 11.5 Å². The molecular formula is C19H18N2O3. The third-order valence-corrected chi connectivity index (χ3v) is 3.69. The number of amides is 1. The van der Waals surface area contributed by atoms with E-state index in [2.05, 4.69) is 5.10 Å². The van der Waals surface area contributed by atoms with E-state index in [0.717, 1.165) is 0 Å². The smallest absolute Gasteiger partial charge is 0.280 e. The largest absolute Gasteiger partial charge is 0.504 e. The van der Waals surface area contributed by atoms with E-state index < -0.39 is 0 Å². The number of nitrogens with zero attached hydrogens (tertiary/aromatic N) is 2. The Morgan fingerprint density at radius 3 is 2.62 bits per heavy atom. The first-order chi connectivity index (χ1) is 11.6. The zero-order valence-electron chi connectivity index (χ0n) is 13.6. The van der Waals surface area contributed by atoms with Crippen LogP contribution in [0, 0.1) is 0 Å². The van der Waals surface area contributed by atoms with Crippen LogP contribution in [-0.4, -0.2) is 23.3 Å². The van der Waals surface area contributed by atoms with Gasteiger partial charge in [0, 0.05) is 5.56 Å². The molecule has 1 amide bonds. The van der Waals surface area contributed by atoms with E-state index >= 15 is 0 Å². The number of benzene rings is 2. The fourth-order valence-electron chi connectivity index (χ4n) is 2.51. The highest BCUT2D eigenvalue weighted by atomic mass is 16.5. The topological polar surface area (TPSA) is 62.1 Å². The summed E-state index contributed by atoms with van der Waals surface area (Å²) in [5.41, 5.74) is 2.28. The minimum absolute atomic E-state index is 0.0191. The summed E-state index contributed by atoms with van der Waals surface area (Å²) in [6.45, 7) is 4.07. The summed E-state index contributed by atoms with van der Waals surface area (Å²) in [5.74, 6) is 0.192. The third-order valence-electron chi connectivity index (χ3n) is 3.69. The molecule has 1 aliphatic heterocycles. The molecule has 0 saturated carbocycles. The lowest BCUT2D eigenvalue weighted by Gasteiger charge is -2.11. The average Bonchev–Trinajstić information content (AvgIpc) is 2.87. The molecule has 0 spiro atoms. The van der Waals surface area contributed by atoms with Crippen LogP contribution in [0.15, 0.2) is 59.2 Å². The van der Waals surface area contributed by atoms with Crippen LogP contribution in [0.3, 0.4) is 0 Å². The first-order valence-electron chi connectivity index (χ1n) is 7.73. The van der Waals surface area contributed by atoms with Gasteiger partial charge >= 0.3 is 0 Å². The lowest BCUT2D eigenvalue weighted by Crippen LogP contribution is -2.21. The molecule has 3 rings (SSSR count). The van der Waals surface area contributed by atoms with Gasteiger partial charge in [-0.2, -0.15) is 10.1 Å². The van der Waals surface area contributed by atoms with E-state index in [-0.39, 0.29) is 11.7 Å². The Kier molecular flexibility index (Phi) is 4.33. The second-order valence-electron chi connectivity index (χ2n) is 5.32. The molecule has 0 aromatic heterocycles. The first kappa shape index (κ1) is 15.8. The molecule has 122 valence electrons. The second kappa shape index (κ2) is 6.58. The van der Waals surface area contributed by atoms with Crippen LogP contribution >= 0.6 is 0 Å². The zero-order valence-corrected chi connectivity index (χ0v) is 13.6. The van der Waals surface area contributed by atoms with Crippen LogP contribution in [0.25, 0.3) is 6.08 Å². The molecule has 0 fully saturated rings. The van der Waals surface area contributed by atoms with Gasteiger partial charge in [-0.25, -0.2) is 0 Å². The number of hydrogen-bond donors (Lipinski definition) is 1. The van der Waals surface area contributed by atoms with Crippen molar-refractivity contribution >= 4 is 23.4 Å². The van der Waals surface area contributed by atoms with Crippen molar-refractivity contribution < 1.29 is 14.6 Å². The number of hydrazone groups is 1. The van der Waals surface area contributed by atoms with Gasteiger partial charge in [0.05, 0.1) is 23.6 Å². The van der Waals surface area contributed by atoms with Crippen molar-refractivity contribution in [2.75, 3.05) is 11.6 Å². The zero-order chi connectivity index (χ0) is 17.1. The molecule has 1 aliphatic rings. The van der Waals surface area contributed by atoms with Gasteiger partial charge in [0.1, 0.15) is 0 Å². The van der Waals surface area contributed by atoms with E-state index in [9.17, 15) is 9.90 Å². The molecule has 0 unspecified atom stereocenters. The standard InChI is InChI=1S/C19H18N2O3/c1-3-24-17-11-7-8-14(18(17)22)12-16-13(2)20-21(19(16)23)15-9-5-4-6-10-15/h4-12,22H,3H2,1-2H3/b16-12+. The minimum atomic E-state index is -0.222. The number of anilines is 1. The molecule has 2 aromatic carbocycles. The lowest BCUT2D eigenvalue weighted by molar-refractivity contribution is -0.114. The number of hydrogen-bond acceptors (Lipinski definition) is 4. The molecule has 1 N–H and O–H groups in total. The summed E-state index contributed by atoms with van der Waals surface area (Å²) in [7, 11) is 0. The molecule has 1 heterocycles. The first-order valence-corrected chi connectivity index (χ1v) is 7.73. The molecule has 0 atom stereocenters. The Balaban J connectivity index is 1.96. The second-order valence-corrected chi connectivity index (χ2v) is 5.32. The van der Waals surface area contributed by atoms with Crippen LogP contribution in [0.1, 0.15) is 19.4 Å². The van der Waals surface area contributed by atoms with Gasteiger partial charge in [-0.3, -0.25) is 4.79 Å². The molecular weight excluding hydrogens is 304 g/mol. The number of phenols is 1. The van der Waals surface area contributed by atoms with Crippen molar-refractivity contribution in [1.82, 2.24) is 0 Å². The maximum atomic E-state index is 12.7. The molecule has 24 heavy (non-hydrogen) atoms. The highest BCUT2D eigenvalue weighted by Gasteiger charge is 2.28. The predicted molar refractivity (Wildman–Crippen MR) is 94.3 cm³/mol. The van der Waals surface area contributed by atoms with Crippen molar-refractivity contribution in [2.24, 2.45) is 5.10 Å². The molecule has 0 aliphatic carbocycles. The minimum Gasteiger partial charge on any atom is -0.504 e. The van der Waals surface area contributed by atoms with Gasteiger partial charge in [0.25, 0.3) is 5.91 Å². The number of aromatic hydroxyl groups is 1. The summed E-state index contributed by atoms with van der Waals surface area (Å²) in [5, 5.41) is 16.0. The van der Waals surface area contributed by atoms with E-state index in [1.165, 1.54) is 5.01 Å². The molecule has 0 radical (unpaired) electrons. The summed E-state index contributed by atoms with van der Waals surface area (Å²) < 4.78 is 5.38. The fraction of sp³-hybridized carbons (Fsp3) is 0.158. The molecule has 5 nitrogen and oxygen atoms in total. The summed E-state index contributed by atoms with van der Waals surface area (Å²) >= 11 is 0. The Bertz CT molecular complexity index is 826. The summed E-state index contributed by atoms with van der Waals surface area (Å²) in [6, 6.07) is 14.4. The summed E-state index contributed by atoms with van der Waals surface area (Å²) in [6.07, 6.45) is 1.64. The number of carbonyl (C=O) groups excluding carboxylic acids is 1. The summed E-state index contributed by atoms with van der Waals surface area (Å²) in [4.78, 5) is 12.7. The molecule has 2 aromatic rings. The van der Waals surface area contributed by atoms with Gasteiger partial charge in [-0.1, -0.05) is 30.3 Å². The van der Waals surface area contributed by atoms with Crippen molar-refractivity contribution in [3.05, 3.63) is 59.7 Å². The van der Waals surface area contributed by atoms with Gasteiger partial charge in [-0.05, 0) is 38.1 Å². The number of rotatable bonds is 4. The predicted octanol–water partition coefficient (Wildman–Crippen LogP) is 3.60. The molecule has 5 heteroatoms. The fourth-order valence-corrected chi connectivity index (χ4v) is 2.51. The van der Waals surface area contributed by atoms with Gasteiger partial charge in [0.2, 0.25) is 0 Å². The maximum absolute atomic E-state index is 12.7. The van der Waals surface area contributed by atoms with E-state index in [1.807, 2.05) is 37.3 Å². The normalized spacial score (nSPS) is 15.8. The number of ether oxygens (including phenoxy) is 1. The monoisotopic (exact) mass is 322 g/mol. The van der Waals surface area contributed by atoms with Crippen molar-refractivity contribution in [1.29, 1.82) is 0 Å². The molecule has 0 saturated heterocycles. The van der Waals surface area contributed by atoms with Gasteiger partial charge < -0.3 is 9.84 Å². The Labute approximate surface area is 140 Å². The van der Waals surface area contributed by atoms with Crippen LogP contribution in [0.4, 0.5) is 5.69 Å². The van der Waals surface area contributed by atoms with Crippen LogP contribution in [0.2, 0.25) is 0 Å². The highest BCUT2D eigenvalue weighted by Crippen LogP contribution is 2.33.